The fraction of sp³-hybridized carbons (Fsp3) is 0.222. The molecular formula is C18H17BrNO3+. The lowest BCUT2D eigenvalue weighted by Crippen LogP contribution is -2.36. The highest BCUT2D eigenvalue weighted by Gasteiger charge is 2.26. The van der Waals surface area contributed by atoms with E-state index in [9.17, 15) is 10.0 Å². The van der Waals surface area contributed by atoms with Gasteiger partial charge in [0.2, 0.25) is 6.20 Å². The maximum Gasteiger partial charge on any atom is 0.279 e. The van der Waals surface area contributed by atoms with Gasteiger partial charge in [-0.15, -0.1) is 0 Å². The van der Waals surface area contributed by atoms with E-state index in [1.165, 1.54) is 0 Å². The van der Waals surface area contributed by atoms with E-state index in [4.69, 9.17) is 4.74 Å². The standard InChI is InChI=1S/C18H17BrNO3/c1-12(21)13-6-7-18-16(10-13)14(4-2-8-19)15-5-3-9-20(22)17(15)11-23-18/h3-7,9-10,22H,2,8,11H2,1H3/q+1/b14-4+. The number of benzene rings is 1. The lowest BCUT2D eigenvalue weighted by molar-refractivity contribution is -0.910. The van der Waals surface area contributed by atoms with Crippen LogP contribution in [0.2, 0.25) is 0 Å². The Bertz CT molecular complexity index is 799. The van der Waals surface area contributed by atoms with Gasteiger partial charge in [0, 0.05) is 27.3 Å². The Kier molecular flexibility index (Phi) is 4.48. The number of ether oxygens (including phenoxy) is 1. The molecule has 2 aromatic rings. The molecule has 23 heavy (non-hydrogen) atoms. The van der Waals surface area contributed by atoms with Gasteiger partial charge in [-0.2, -0.15) is 0 Å². The number of carbonyl (C=O) groups excluding carboxylic acids is 1. The van der Waals surface area contributed by atoms with Crippen LogP contribution in [0, 0.1) is 0 Å². The molecule has 0 amide bonds. The molecular weight excluding hydrogens is 358 g/mol. The molecule has 0 fully saturated rings. The number of Topliss-reactive ketones (excluding diaryl/α,β-unsaturated/α-hetero) is 1. The molecule has 0 atom stereocenters. The quantitative estimate of drug-likeness (QED) is 0.387. The Labute approximate surface area is 143 Å². The number of nitrogens with zero attached hydrogens (tertiary/aromatic N) is 1. The third-order valence-corrected chi connectivity index (χ3v) is 4.32. The van der Waals surface area contributed by atoms with Crippen molar-refractivity contribution in [1.82, 2.24) is 0 Å². The normalized spacial score (nSPS) is 14.6. The maximum absolute atomic E-state index is 11.7. The maximum atomic E-state index is 11.7. The topological polar surface area (TPSA) is 50.4 Å². The van der Waals surface area contributed by atoms with E-state index in [0.717, 1.165) is 33.2 Å². The number of allylic oxidation sites excluding steroid dienone is 1. The Morgan fingerprint density at radius 2 is 2.22 bits per heavy atom. The molecule has 0 spiro atoms. The minimum atomic E-state index is 0.0161. The lowest BCUT2D eigenvalue weighted by atomic mass is 9.94. The predicted molar refractivity (Wildman–Crippen MR) is 90.1 cm³/mol. The Balaban J connectivity index is 2.24. The molecule has 118 valence electrons. The highest BCUT2D eigenvalue weighted by Crippen LogP contribution is 2.36. The van der Waals surface area contributed by atoms with Gasteiger partial charge < -0.3 is 4.74 Å². The molecule has 4 nitrogen and oxygen atoms in total. The molecule has 1 aromatic heterocycles. The highest BCUT2D eigenvalue weighted by atomic mass is 79.9. The number of pyridine rings is 1. The fourth-order valence-corrected chi connectivity index (χ4v) is 2.94. The van der Waals surface area contributed by atoms with E-state index in [2.05, 4.69) is 22.0 Å². The molecule has 3 rings (SSSR count). The van der Waals surface area contributed by atoms with Gasteiger partial charge in [0.1, 0.15) is 5.75 Å². The fourth-order valence-electron chi connectivity index (χ4n) is 2.71. The molecule has 5 heteroatoms. The molecule has 0 saturated heterocycles. The Morgan fingerprint density at radius 1 is 1.39 bits per heavy atom. The molecule has 0 radical (unpaired) electrons. The van der Waals surface area contributed by atoms with Crippen molar-refractivity contribution >= 4 is 27.3 Å². The molecule has 0 bridgehead atoms. The molecule has 1 aliphatic rings. The second-order valence-corrected chi connectivity index (χ2v) is 6.16. The number of aromatic nitrogens is 1. The first kappa shape index (κ1) is 15.7. The number of carbonyl (C=O) groups is 1. The van der Waals surface area contributed by atoms with Crippen molar-refractivity contribution in [3.63, 3.8) is 0 Å². The molecule has 0 unspecified atom stereocenters. The van der Waals surface area contributed by atoms with Crippen molar-refractivity contribution in [3.05, 3.63) is 65.0 Å². The van der Waals surface area contributed by atoms with Gasteiger partial charge in [-0.25, -0.2) is 0 Å². The summed E-state index contributed by atoms with van der Waals surface area (Å²) < 4.78 is 6.95. The van der Waals surface area contributed by atoms with E-state index in [1.54, 1.807) is 25.3 Å². The van der Waals surface area contributed by atoms with Crippen molar-refractivity contribution < 1.29 is 19.5 Å². The van der Waals surface area contributed by atoms with E-state index in [0.29, 0.717) is 17.0 Å². The van der Waals surface area contributed by atoms with Gasteiger partial charge in [0.05, 0.1) is 5.56 Å². The first-order valence-electron chi connectivity index (χ1n) is 7.39. The minimum Gasteiger partial charge on any atom is -0.482 e. The van der Waals surface area contributed by atoms with Crippen LogP contribution < -0.4 is 9.47 Å². The summed E-state index contributed by atoms with van der Waals surface area (Å²) in [6.07, 6.45) is 4.52. The Morgan fingerprint density at radius 3 is 2.96 bits per heavy atom. The van der Waals surface area contributed by atoms with Gasteiger partial charge in [-0.1, -0.05) is 22.0 Å². The average molecular weight is 375 g/mol. The van der Waals surface area contributed by atoms with Crippen LogP contribution in [0.25, 0.3) is 5.57 Å². The second-order valence-electron chi connectivity index (χ2n) is 5.36. The smallest absolute Gasteiger partial charge is 0.279 e. The zero-order chi connectivity index (χ0) is 16.4. The monoisotopic (exact) mass is 374 g/mol. The number of alkyl halides is 1. The molecule has 1 N–H and O–H groups in total. The first-order valence-corrected chi connectivity index (χ1v) is 8.51. The summed E-state index contributed by atoms with van der Waals surface area (Å²) in [5.41, 5.74) is 4.10. The summed E-state index contributed by atoms with van der Waals surface area (Å²) in [6, 6.07) is 9.21. The number of ketones is 1. The summed E-state index contributed by atoms with van der Waals surface area (Å²) in [7, 11) is 0. The van der Waals surface area contributed by atoms with Crippen LogP contribution in [0.5, 0.6) is 5.75 Å². The van der Waals surface area contributed by atoms with Crippen molar-refractivity contribution in [1.29, 1.82) is 0 Å². The van der Waals surface area contributed by atoms with Crippen LogP contribution in [-0.4, -0.2) is 16.3 Å². The summed E-state index contributed by atoms with van der Waals surface area (Å²) in [5, 5.41) is 10.9. The average Bonchev–Trinajstić information content (AvgIpc) is 2.70. The third kappa shape index (κ3) is 3.01. The van der Waals surface area contributed by atoms with Gasteiger partial charge in [-0.05, 0) is 43.2 Å². The summed E-state index contributed by atoms with van der Waals surface area (Å²) >= 11 is 3.44. The van der Waals surface area contributed by atoms with Gasteiger partial charge in [0.25, 0.3) is 5.69 Å². The summed E-state index contributed by atoms with van der Waals surface area (Å²) in [4.78, 5) is 11.7. The van der Waals surface area contributed by atoms with Gasteiger partial charge >= 0.3 is 0 Å². The molecule has 1 aliphatic heterocycles. The van der Waals surface area contributed by atoms with Crippen molar-refractivity contribution in [2.24, 2.45) is 0 Å². The zero-order valence-electron chi connectivity index (χ0n) is 12.8. The van der Waals surface area contributed by atoms with Crippen LogP contribution in [0.3, 0.4) is 0 Å². The number of rotatable bonds is 3. The second kappa shape index (κ2) is 6.54. The molecule has 0 aliphatic carbocycles. The number of hydrogen-bond acceptors (Lipinski definition) is 3. The molecule has 2 heterocycles. The minimum absolute atomic E-state index is 0.0161. The first-order chi connectivity index (χ1) is 11.1. The van der Waals surface area contributed by atoms with E-state index in [1.807, 2.05) is 18.2 Å². The SMILES string of the molecule is CC(=O)c1ccc2c(c1)/C(=C/CCBr)c1ccc[n+](O)c1CO2. The van der Waals surface area contributed by atoms with Crippen LogP contribution in [0.4, 0.5) is 0 Å². The third-order valence-electron chi connectivity index (χ3n) is 3.87. The van der Waals surface area contributed by atoms with Crippen molar-refractivity contribution in [2.75, 3.05) is 5.33 Å². The van der Waals surface area contributed by atoms with Crippen LogP contribution in [0.1, 0.15) is 40.5 Å². The Hall–Kier alpha value is -2.14. The lowest BCUT2D eigenvalue weighted by Gasteiger charge is -2.10. The number of halogens is 1. The van der Waals surface area contributed by atoms with Gasteiger partial charge in [0.15, 0.2) is 12.4 Å². The molecule has 0 saturated carbocycles. The number of fused-ring (bicyclic) bond motifs is 2. The number of hydrogen-bond donors (Lipinski definition) is 1. The van der Waals surface area contributed by atoms with Crippen molar-refractivity contribution in [3.8, 4) is 5.75 Å². The van der Waals surface area contributed by atoms with Gasteiger partial charge in [-0.3, -0.25) is 10.0 Å². The summed E-state index contributed by atoms with van der Waals surface area (Å²) in [6.45, 7) is 1.82. The molecule has 1 aromatic carbocycles. The zero-order valence-corrected chi connectivity index (χ0v) is 14.3. The highest BCUT2D eigenvalue weighted by molar-refractivity contribution is 9.09. The summed E-state index contributed by atoms with van der Waals surface area (Å²) in [5.74, 6) is 0.731. The van der Waals surface area contributed by atoms with Crippen LogP contribution in [-0.2, 0) is 6.61 Å². The predicted octanol–water partition coefficient (Wildman–Crippen LogP) is 3.52. The van der Waals surface area contributed by atoms with E-state index < -0.39 is 0 Å². The van der Waals surface area contributed by atoms with Crippen molar-refractivity contribution in [2.45, 2.75) is 20.0 Å². The van der Waals surface area contributed by atoms with Crippen LogP contribution >= 0.6 is 15.9 Å². The van der Waals surface area contributed by atoms with E-state index in [-0.39, 0.29) is 12.4 Å². The van der Waals surface area contributed by atoms with Crippen LogP contribution in [0.15, 0.2) is 42.6 Å². The largest absolute Gasteiger partial charge is 0.482 e. The van der Waals surface area contributed by atoms with E-state index >= 15 is 0 Å².